The molecule has 0 unspecified atom stereocenters. The second-order valence-electron chi connectivity index (χ2n) is 4.88. The average Bonchev–Trinajstić information content (AvgIpc) is 2.56. The van der Waals surface area contributed by atoms with Crippen LogP contribution in [-0.4, -0.2) is 23.2 Å². The molecule has 5 nitrogen and oxygen atoms in total. The molecule has 22 heavy (non-hydrogen) atoms. The number of fused-ring (bicyclic) bond motifs is 1. The zero-order valence-electron chi connectivity index (χ0n) is 12.1. The molecule has 1 aromatic carbocycles. The maximum atomic E-state index is 11.9. The van der Waals surface area contributed by atoms with Crippen LogP contribution in [0.25, 0.3) is 6.08 Å². The molecule has 2 aromatic rings. The number of nitrogens with zero attached hydrogens (tertiary/aromatic N) is 2. The van der Waals surface area contributed by atoms with Gasteiger partial charge in [0.05, 0.1) is 11.8 Å². The topological polar surface area (TPSA) is 63.6 Å². The molecular weight excluding hydrogens is 278 g/mol. The van der Waals surface area contributed by atoms with Gasteiger partial charge in [0.25, 0.3) is 5.91 Å². The summed E-state index contributed by atoms with van der Waals surface area (Å²) in [5.74, 6) is 0.557. The highest BCUT2D eigenvalue weighted by Crippen LogP contribution is 2.28. The highest BCUT2D eigenvalue weighted by molar-refractivity contribution is 5.95. The number of aromatic nitrogens is 1. The molecule has 0 spiro atoms. The number of ether oxygens (including phenoxy) is 1. The van der Waals surface area contributed by atoms with Gasteiger partial charge in [0.1, 0.15) is 11.9 Å². The fraction of sp³-hybridized carbons (Fsp3) is 0.118. The Labute approximate surface area is 128 Å². The summed E-state index contributed by atoms with van der Waals surface area (Å²) in [6, 6.07) is 11.2. The predicted octanol–water partition coefficient (Wildman–Crippen LogP) is 2.66. The van der Waals surface area contributed by atoms with Crippen molar-refractivity contribution in [1.82, 2.24) is 10.4 Å². The van der Waals surface area contributed by atoms with Crippen LogP contribution in [0.3, 0.4) is 0 Å². The van der Waals surface area contributed by atoms with E-state index in [4.69, 9.17) is 4.74 Å². The minimum absolute atomic E-state index is 0.117. The molecule has 0 saturated carbocycles. The summed E-state index contributed by atoms with van der Waals surface area (Å²) in [4.78, 5) is 15.7. The molecule has 5 heteroatoms. The fourth-order valence-corrected chi connectivity index (χ4v) is 2.13. The number of nitrogens with one attached hydrogen (secondary N) is 1. The van der Waals surface area contributed by atoms with Crippen molar-refractivity contribution in [2.75, 3.05) is 0 Å². The van der Waals surface area contributed by atoms with Gasteiger partial charge in [-0.3, -0.25) is 9.78 Å². The first kappa shape index (κ1) is 14.0. The van der Waals surface area contributed by atoms with Gasteiger partial charge in [0.2, 0.25) is 0 Å². The monoisotopic (exact) mass is 293 g/mol. The van der Waals surface area contributed by atoms with E-state index in [2.05, 4.69) is 15.5 Å². The second-order valence-corrected chi connectivity index (χ2v) is 4.88. The van der Waals surface area contributed by atoms with Gasteiger partial charge in [-0.15, -0.1) is 0 Å². The van der Waals surface area contributed by atoms with Crippen LogP contribution in [-0.2, 0) is 0 Å². The van der Waals surface area contributed by atoms with Crippen LogP contribution in [0.4, 0.5) is 0 Å². The maximum Gasteiger partial charge on any atom is 0.272 e. The smallest absolute Gasteiger partial charge is 0.272 e. The molecule has 110 valence electrons. The Kier molecular flexibility index (Phi) is 3.96. The summed E-state index contributed by atoms with van der Waals surface area (Å²) in [5, 5.41) is 3.99. The average molecular weight is 293 g/mol. The van der Waals surface area contributed by atoms with E-state index in [9.17, 15) is 4.79 Å². The largest absolute Gasteiger partial charge is 0.485 e. The molecule has 0 fully saturated rings. The summed E-state index contributed by atoms with van der Waals surface area (Å²) < 4.78 is 5.80. The van der Waals surface area contributed by atoms with Crippen LogP contribution in [0.5, 0.6) is 5.75 Å². The number of rotatable bonds is 3. The van der Waals surface area contributed by atoms with Gasteiger partial charge in [-0.25, -0.2) is 5.43 Å². The van der Waals surface area contributed by atoms with E-state index in [-0.39, 0.29) is 12.0 Å². The summed E-state index contributed by atoms with van der Waals surface area (Å²) in [6.45, 7) is 1.94. The number of amides is 1. The van der Waals surface area contributed by atoms with Crippen molar-refractivity contribution in [2.24, 2.45) is 5.10 Å². The van der Waals surface area contributed by atoms with Crippen LogP contribution in [0.15, 0.2) is 59.5 Å². The number of hydrogen-bond donors (Lipinski definition) is 1. The normalized spacial score (nSPS) is 16.6. The van der Waals surface area contributed by atoms with Gasteiger partial charge < -0.3 is 4.74 Å². The first-order chi connectivity index (χ1) is 10.7. The number of pyridine rings is 1. The van der Waals surface area contributed by atoms with Gasteiger partial charge in [-0.1, -0.05) is 18.2 Å². The molecule has 1 amide bonds. The fourth-order valence-electron chi connectivity index (χ4n) is 2.13. The van der Waals surface area contributed by atoms with E-state index >= 15 is 0 Å². The van der Waals surface area contributed by atoms with Gasteiger partial charge >= 0.3 is 0 Å². The van der Waals surface area contributed by atoms with E-state index in [0.29, 0.717) is 5.56 Å². The van der Waals surface area contributed by atoms with Crippen molar-refractivity contribution in [3.8, 4) is 5.75 Å². The van der Waals surface area contributed by atoms with Gasteiger partial charge in [-0.05, 0) is 31.2 Å². The zero-order valence-corrected chi connectivity index (χ0v) is 12.1. The third-order valence-electron chi connectivity index (χ3n) is 3.32. The lowest BCUT2D eigenvalue weighted by Gasteiger charge is -2.22. The number of hydrogen-bond acceptors (Lipinski definition) is 4. The SMILES string of the molecule is C[C@H]1Oc2ccccc2C=C1/C=N\NC(=O)c1cccnc1. The Morgan fingerprint density at radius 3 is 3.00 bits per heavy atom. The minimum Gasteiger partial charge on any atom is -0.485 e. The number of hydrazone groups is 1. The number of benzene rings is 1. The quantitative estimate of drug-likeness (QED) is 0.699. The van der Waals surface area contributed by atoms with Crippen LogP contribution >= 0.6 is 0 Å². The molecule has 0 radical (unpaired) electrons. The Morgan fingerprint density at radius 1 is 1.32 bits per heavy atom. The molecule has 0 saturated heterocycles. The first-order valence-electron chi connectivity index (χ1n) is 6.95. The molecular formula is C17H15N3O2. The molecule has 1 atom stereocenters. The van der Waals surface area contributed by atoms with Crippen molar-refractivity contribution >= 4 is 18.2 Å². The van der Waals surface area contributed by atoms with Gasteiger partial charge in [0.15, 0.2) is 0 Å². The van der Waals surface area contributed by atoms with E-state index in [0.717, 1.165) is 16.9 Å². The van der Waals surface area contributed by atoms with Crippen molar-refractivity contribution < 1.29 is 9.53 Å². The highest BCUT2D eigenvalue weighted by Gasteiger charge is 2.16. The molecule has 0 bridgehead atoms. The number of carbonyl (C=O) groups is 1. The molecule has 1 aliphatic heterocycles. The minimum atomic E-state index is -0.297. The van der Waals surface area contributed by atoms with Crippen molar-refractivity contribution in [3.05, 3.63) is 65.5 Å². The molecule has 2 heterocycles. The molecule has 1 aliphatic rings. The number of carbonyl (C=O) groups excluding carboxylic acids is 1. The molecule has 1 aromatic heterocycles. The summed E-state index contributed by atoms with van der Waals surface area (Å²) in [6.07, 6.45) is 6.60. The third kappa shape index (κ3) is 3.03. The standard InChI is InChI=1S/C17H15N3O2/c1-12-15(9-13-5-2-3-7-16(13)22-12)11-19-20-17(21)14-6-4-8-18-10-14/h2-12H,1H3,(H,20,21)/b19-11-/t12-/m1/s1. The third-order valence-corrected chi connectivity index (χ3v) is 3.32. The summed E-state index contributed by atoms with van der Waals surface area (Å²) >= 11 is 0. The summed E-state index contributed by atoms with van der Waals surface area (Å²) in [7, 11) is 0. The van der Waals surface area contributed by atoms with E-state index in [1.54, 1.807) is 24.5 Å². The Bertz CT molecular complexity index is 739. The van der Waals surface area contributed by atoms with Crippen molar-refractivity contribution in [3.63, 3.8) is 0 Å². The molecule has 1 N–H and O–H groups in total. The van der Waals surface area contributed by atoms with Crippen LogP contribution < -0.4 is 10.2 Å². The highest BCUT2D eigenvalue weighted by atomic mass is 16.5. The van der Waals surface area contributed by atoms with Crippen LogP contribution in [0, 0.1) is 0 Å². The van der Waals surface area contributed by atoms with E-state index in [1.165, 1.54) is 6.20 Å². The van der Waals surface area contributed by atoms with E-state index < -0.39 is 0 Å². The Morgan fingerprint density at radius 2 is 2.18 bits per heavy atom. The molecule has 0 aliphatic carbocycles. The second kappa shape index (κ2) is 6.22. The summed E-state index contributed by atoms with van der Waals surface area (Å²) in [5.41, 5.74) is 4.84. The first-order valence-corrected chi connectivity index (χ1v) is 6.95. The van der Waals surface area contributed by atoms with Crippen LogP contribution in [0.1, 0.15) is 22.8 Å². The predicted molar refractivity (Wildman–Crippen MR) is 84.7 cm³/mol. The maximum absolute atomic E-state index is 11.9. The Balaban J connectivity index is 1.71. The number of para-hydroxylation sites is 1. The van der Waals surface area contributed by atoms with Crippen molar-refractivity contribution in [1.29, 1.82) is 0 Å². The zero-order chi connectivity index (χ0) is 15.4. The Hall–Kier alpha value is -2.95. The lowest BCUT2D eigenvalue weighted by atomic mass is 10.0. The molecule has 3 rings (SSSR count). The van der Waals surface area contributed by atoms with Crippen LogP contribution in [0.2, 0.25) is 0 Å². The van der Waals surface area contributed by atoms with E-state index in [1.807, 2.05) is 37.3 Å². The lowest BCUT2D eigenvalue weighted by molar-refractivity contribution is 0.0954. The van der Waals surface area contributed by atoms with Gasteiger partial charge in [-0.2, -0.15) is 5.10 Å². The lowest BCUT2D eigenvalue weighted by Crippen LogP contribution is -2.22. The van der Waals surface area contributed by atoms with Gasteiger partial charge in [0, 0.05) is 23.5 Å². The van der Waals surface area contributed by atoms with Crippen molar-refractivity contribution in [2.45, 2.75) is 13.0 Å².